The zero-order chi connectivity index (χ0) is 20.9. The van der Waals surface area contributed by atoms with Crippen LogP contribution in [-0.2, 0) is 11.4 Å². The molecule has 0 saturated carbocycles. The van der Waals surface area contributed by atoms with Gasteiger partial charge in [-0.25, -0.2) is 0 Å². The van der Waals surface area contributed by atoms with Crippen molar-refractivity contribution >= 4 is 21.8 Å². The monoisotopic (exact) mass is 469 g/mol. The summed E-state index contributed by atoms with van der Waals surface area (Å²) >= 11 is 3.44. The van der Waals surface area contributed by atoms with Gasteiger partial charge in [-0.3, -0.25) is 4.79 Å². The minimum absolute atomic E-state index is 0.183. The van der Waals surface area contributed by atoms with E-state index in [1.165, 1.54) is 0 Å². The van der Waals surface area contributed by atoms with Gasteiger partial charge in [-0.1, -0.05) is 17.3 Å². The number of carbonyl (C=O) groups is 1. The number of hydrogen-bond donors (Lipinski definition) is 1. The van der Waals surface area contributed by atoms with Crippen LogP contribution >= 0.6 is 15.9 Å². The lowest BCUT2D eigenvalue weighted by Gasteiger charge is -2.05. The molecule has 4 aromatic rings. The molecule has 0 radical (unpaired) electrons. The Kier molecular flexibility index (Phi) is 5.80. The fourth-order valence-electron chi connectivity index (χ4n) is 2.58. The van der Waals surface area contributed by atoms with E-state index < -0.39 is 5.91 Å². The van der Waals surface area contributed by atoms with E-state index in [2.05, 4.69) is 26.1 Å². The Morgan fingerprint density at radius 3 is 2.60 bits per heavy atom. The van der Waals surface area contributed by atoms with E-state index in [0.29, 0.717) is 23.1 Å². The summed E-state index contributed by atoms with van der Waals surface area (Å²) in [5.74, 6) is 2.42. The number of amides is 1. The molecule has 152 valence electrons. The maximum atomic E-state index is 10.8. The van der Waals surface area contributed by atoms with Crippen molar-refractivity contribution in [2.24, 2.45) is 5.73 Å². The van der Waals surface area contributed by atoms with E-state index in [1.54, 1.807) is 36.4 Å². The van der Waals surface area contributed by atoms with Gasteiger partial charge in [0.25, 0.3) is 11.8 Å². The number of para-hydroxylation sites is 1. The molecule has 30 heavy (non-hydrogen) atoms. The third-order valence-corrected chi connectivity index (χ3v) is 4.65. The van der Waals surface area contributed by atoms with Gasteiger partial charge in [-0.15, -0.1) is 0 Å². The molecular weight excluding hydrogens is 454 g/mol. The first kappa shape index (κ1) is 19.7. The van der Waals surface area contributed by atoms with Gasteiger partial charge < -0.3 is 24.1 Å². The van der Waals surface area contributed by atoms with Gasteiger partial charge in [0.15, 0.2) is 12.4 Å². The Morgan fingerprint density at radius 2 is 1.83 bits per heavy atom. The minimum atomic E-state index is -0.540. The highest BCUT2D eigenvalue weighted by molar-refractivity contribution is 9.10. The van der Waals surface area contributed by atoms with Gasteiger partial charge in [0.1, 0.15) is 23.9 Å². The number of halogens is 1. The molecule has 8 nitrogen and oxygen atoms in total. The Morgan fingerprint density at radius 1 is 1.03 bits per heavy atom. The SMILES string of the molecule is NC(=O)COc1ccc(-c2noc(-c3ccc(COc4ccccc4Br)o3)n2)cc1. The summed E-state index contributed by atoms with van der Waals surface area (Å²) in [4.78, 5) is 15.1. The predicted octanol–water partition coefficient (Wildman–Crippen LogP) is 4.20. The number of benzene rings is 2. The molecule has 0 aliphatic heterocycles. The number of hydrogen-bond acceptors (Lipinski definition) is 7. The molecule has 0 spiro atoms. The van der Waals surface area contributed by atoms with Gasteiger partial charge in [-0.05, 0) is 64.5 Å². The maximum absolute atomic E-state index is 10.8. The third-order valence-electron chi connectivity index (χ3n) is 4.00. The molecule has 0 aliphatic rings. The van der Waals surface area contributed by atoms with Crippen molar-refractivity contribution in [2.75, 3.05) is 6.61 Å². The maximum Gasteiger partial charge on any atom is 0.293 e. The van der Waals surface area contributed by atoms with Crippen LogP contribution in [0, 0.1) is 0 Å². The molecule has 0 unspecified atom stereocenters. The van der Waals surface area contributed by atoms with Crippen molar-refractivity contribution in [3.05, 3.63) is 70.9 Å². The summed E-state index contributed by atoms with van der Waals surface area (Å²) in [5, 5.41) is 3.98. The summed E-state index contributed by atoms with van der Waals surface area (Å²) < 4.78 is 22.9. The molecule has 0 fully saturated rings. The zero-order valence-electron chi connectivity index (χ0n) is 15.6. The average Bonchev–Trinajstić information content (AvgIpc) is 3.42. The molecule has 0 atom stereocenters. The van der Waals surface area contributed by atoms with E-state index >= 15 is 0 Å². The first-order chi connectivity index (χ1) is 14.6. The summed E-state index contributed by atoms with van der Waals surface area (Å²) in [7, 11) is 0. The van der Waals surface area contributed by atoms with Crippen molar-refractivity contribution in [2.45, 2.75) is 6.61 Å². The van der Waals surface area contributed by atoms with Crippen molar-refractivity contribution < 1.29 is 23.2 Å². The predicted molar refractivity (Wildman–Crippen MR) is 111 cm³/mol. The summed E-state index contributed by atoms with van der Waals surface area (Å²) in [5.41, 5.74) is 5.78. The number of furan rings is 1. The fourth-order valence-corrected chi connectivity index (χ4v) is 2.98. The van der Waals surface area contributed by atoms with Crippen molar-refractivity contribution in [3.8, 4) is 34.5 Å². The number of rotatable bonds is 8. The number of aromatic nitrogens is 2. The van der Waals surface area contributed by atoms with Crippen LogP contribution in [-0.4, -0.2) is 22.7 Å². The highest BCUT2D eigenvalue weighted by Gasteiger charge is 2.15. The second-order valence-electron chi connectivity index (χ2n) is 6.19. The smallest absolute Gasteiger partial charge is 0.293 e. The molecule has 4 rings (SSSR count). The van der Waals surface area contributed by atoms with Crippen LogP contribution < -0.4 is 15.2 Å². The highest BCUT2D eigenvalue weighted by atomic mass is 79.9. The van der Waals surface area contributed by atoms with Gasteiger partial charge in [0, 0.05) is 5.56 Å². The standard InChI is InChI=1S/C21H16BrN3O5/c22-16-3-1-2-4-17(16)28-11-15-9-10-18(29-15)21-24-20(25-30-21)13-5-7-14(8-6-13)27-12-19(23)26/h1-10H,11-12H2,(H2,23,26). The Hall–Kier alpha value is -3.59. The normalized spacial score (nSPS) is 10.7. The van der Waals surface area contributed by atoms with Gasteiger partial charge in [0.05, 0.1) is 4.47 Å². The largest absolute Gasteiger partial charge is 0.484 e. The molecule has 1 amide bonds. The number of primary amides is 1. The topological polar surface area (TPSA) is 114 Å². The van der Waals surface area contributed by atoms with Crippen molar-refractivity contribution in [1.82, 2.24) is 10.1 Å². The molecule has 2 N–H and O–H groups in total. The Labute approximate surface area is 179 Å². The first-order valence-corrected chi connectivity index (χ1v) is 9.69. The average molecular weight is 470 g/mol. The zero-order valence-corrected chi connectivity index (χ0v) is 17.2. The molecule has 2 aromatic heterocycles. The minimum Gasteiger partial charge on any atom is -0.484 e. The number of carbonyl (C=O) groups excluding carboxylic acids is 1. The van der Waals surface area contributed by atoms with Crippen LogP contribution in [0.15, 0.2) is 74.1 Å². The van der Waals surface area contributed by atoms with Crippen LogP contribution in [0.2, 0.25) is 0 Å². The van der Waals surface area contributed by atoms with Crippen LogP contribution in [0.5, 0.6) is 11.5 Å². The van der Waals surface area contributed by atoms with E-state index in [0.717, 1.165) is 15.8 Å². The molecular formula is C21H16BrN3O5. The van der Waals surface area contributed by atoms with Gasteiger partial charge in [-0.2, -0.15) is 4.98 Å². The van der Waals surface area contributed by atoms with Gasteiger partial charge in [0.2, 0.25) is 5.82 Å². The lowest BCUT2D eigenvalue weighted by Crippen LogP contribution is -2.19. The van der Waals surface area contributed by atoms with Crippen molar-refractivity contribution in [1.29, 1.82) is 0 Å². The summed E-state index contributed by atoms with van der Waals surface area (Å²) in [6.45, 7) is 0.0772. The fraction of sp³-hybridized carbons (Fsp3) is 0.0952. The van der Waals surface area contributed by atoms with E-state index in [9.17, 15) is 4.79 Å². The first-order valence-electron chi connectivity index (χ1n) is 8.90. The second kappa shape index (κ2) is 8.83. The third kappa shape index (κ3) is 4.69. The summed E-state index contributed by atoms with van der Waals surface area (Å²) in [6, 6.07) is 18.0. The molecule has 0 bridgehead atoms. The molecule has 2 aromatic carbocycles. The molecule has 0 saturated heterocycles. The number of nitrogens with zero attached hydrogens (tertiary/aromatic N) is 2. The van der Waals surface area contributed by atoms with Crippen LogP contribution in [0.3, 0.4) is 0 Å². The lowest BCUT2D eigenvalue weighted by atomic mass is 10.2. The second-order valence-corrected chi connectivity index (χ2v) is 7.04. The highest BCUT2D eigenvalue weighted by Crippen LogP contribution is 2.27. The molecule has 0 aliphatic carbocycles. The number of ether oxygens (including phenoxy) is 2. The Balaban J connectivity index is 1.42. The Bertz CT molecular complexity index is 1150. The van der Waals surface area contributed by atoms with Crippen LogP contribution in [0.1, 0.15) is 5.76 Å². The lowest BCUT2D eigenvalue weighted by molar-refractivity contribution is -0.119. The molecule has 2 heterocycles. The molecule has 9 heteroatoms. The summed E-state index contributed by atoms with van der Waals surface area (Å²) in [6.07, 6.45) is 0. The van der Waals surface area contributed by atoms with Crippen LogP contribution in [0.25, 0.3) is 23.0 Å². The van der Waals surface area contributed by atoms with E-state index in [-0.39, 0.29) is 19.1 Å². The van der Waals surface area contributed by atoms with Crippen molar-refractivity contribution in [3.63, 3.8) is 0 Å². The number of nitrogens with two attached hydrogens (primary N) is 1. The van der Waals surface area contributed by atoms with Gasteiger partial charge >= 0.3 is 0 Å². The quantitative estimate of drug-likeness (QED) is 0.411. The van der Waals surface area contributed by atoms with E-state index in [4.69, 9.17) is 24.1 Å². The van der Waals surface area contributed by atoms with Crippen LogP contribution in [0.4, 0.5) is 0 Å². The van der Waals surface area contributed by atoms with E-state index in [1.807, 2.05) is 24.3 Å².